The van der Waals surface area contributed by atoms with Crippen molar-refractivity contribution in [2.45, 2.75) is 46.0 Å². The van der Waals surface area contributed by atoms with E-state index in [1.165, 1.54) is 0 Å². The van der Waals surface area contributed by atoms with Gasteiger partial charge < -0.3 is 14.6 Å². The van der Waals surface area contributed by atoms with E-state index in [2.05, 4.69) is 20.8 Å². The number of aliphatic hydroxyl groups is 1. The van der Waals surface area contributed by atoms with Gasteiger partial charge in [-0.1, -0.05) is 13.0 Å². The van der Waals surface area contributed by atoms with Crippen LogP contribution < -0.4 is 4.74 Å². The topological polar surface area (TPSA) is 38.7 Å². The molecule has 3 nitrogen and oxygen atoms in total. The molecular formula is C14H22O3. The van der Waals surface area contributed by atoms with Crippen molar-refractivity contribution in [2.24, 2.45) is 0 Å². The molecule has 1 rings (SSSR count). The van der Waals surface area contributed by atoms with E-state index in [1.54, 1.807) is 7.11 Å². The molecule has 17 heavy (non-hydrogen) atoms. The summed E-state index contributed by atoms with van der Waals surface area (Å²) >= 11 is 0. The van der Waals surface area contributed by atoms with Crippen LogP contribution in [0.4, 0.5) is 0 Å². The number of ether oxygens (including phenoxy) is 2. The Balaban J connectivity index is 2.81. The molecule has 0 unspecified atom stereocenters. The van der Waals surface area contributed by atoms with Gasteiger partial charge in [-0.3, -0.25) is 0 Å². The maximum absolute atomic E-state index is 9.12. The maximum Gasteiger partial charge on any atom is 0.124 e. The number of hydrogen-bond acceptors (Lipinski definition) is 3. The molecule has 0 fully saturated rings. The molecule has 0 aromatic heterocycles. The highest BCUT2D eigenvalue weighted by molar-refractivity contribution is 5.36. The normalized spacial score (nSPS) is 11.6. The average molecular weight is 238 g/mol. The maximum atomic E-state index is 9.12. The van der Waals surface area contributed by atoms with Crippen molar-refractivity contribution < 1.29 is 14.6 Å². The van der Waals surface area contributed by atoms with Gasteiger partial charge in [0.2, 0.25) is 0 Å². The van der Waals surface area contributed by atoms with E-state index < -0.39 is 0 Å². The Bertz CT molecular complexity index is 358. The number of aliphatic hydroxyl groups excluding tert-OH is 1. The largest absolute Gasteiger partial charge is 0.496 e. The lowest BCUT2D eigenvalue weighted by Gasteiger charge is -2.24. The Morgan fingerprint density at radius 3 is 2.53 bits per heavy atom. The number of hydrogen-bond donors (Lipinski definition) is 1. The van der Waals surface area contributed by atoms with E-state index in [0.29, 0.717) is 6.61 Å². The summed E-state index contributed by atoms with van der Waals surface area (Å²) in [5, 5.41) is 9.12. The number of methoxy groups -OCH3 is 1. The number of benzene rings is 1. The molecule has 0 saturated carbocycles. The summed E-state index contributed by atoms with van der Waals surface area (Å²) in [5.74, 6) is 0.800. The first-order valence-corrected chi connectivity index (χ1v) is 5.93. The third-order valence-electron chi connectivity index (χ3n) is 3.00. The molecule has 0 heterocycles. The fraction of sp³-hybridized carbons (Fsp3) is 0.571. The molecule has 0 aliphatic heterocycles. The smallest absolute Gasteiger partial charge is 0.124 e. The van der Waals surface area contributed by atoms with Crippen molar-refractivity contribution in [1.82, 2.24) is 0 Å². The molecule has 0 saturated heterocycles. The molecule has 0 bridgehead atoms. The van der Waals surface area contributed by atoms with E-state index in [-0.39, 0.29) is 12.2 Å². The zero-order valence-corrected chi connectivity index (χ0v) is 11.1. The molecule has 0 radical (unpaired) electrons. The Kier molecular flexibility index (Phi) is 4.97. The fourth-order valence-corrected chi connectivity index (χ4v) is 1.42. The summed E-state index contributed by atoms with van der Waals surface area (Å²) in [4.78, 5) is 0. The second-order valence-corrected chi connectivity index (χ2v) is 4.71. The molecule has 3 heteroatoms. The van der Waals surface area contributed by atoms with Gasteiger partial charge in [-0.15, -0.1) is 0 Å². The molecule has 0 aliphatic carbocycles. The van der Waals surface area contributed by atoms with Gasteiger partial charge in [0, 0.05) is 5.56 Å². The van der Waals surface area contributed by atoms with Crippen LogP contribution in [0.2, 0.25) is 0 Å². The van der Waals surface area contributed by atoms with Crippen molar-refractivity contribution in [3.63, 3.8) is 0 Å². The van der Waals surface area contributed by atoms with Crippen LogP contribution in [0, 0.1) is 0 Å². The van der Waals surface area contributed by atoms with Crippen molar-refractivity contribution in [3.05, 3.63) is 29.3 Å². The zero-order valence-electron chi connectivity index (χ0n) is 11.1. The van der Waals surface area contributed by atoms with Crippen LogP contribution in [0.1, 0.15) is 38.3 Å². The lowest BCUT2D eigenvalue weighted by molar-refractivity contribution is -0.0322. The van der Waals surface area contributed by atoms with E-state index in [1.807, 2.05) is 18.2 Å². The van der Waals surface area contributed by atoms with Gasteiger partial charge in [-0.2, -0.15) is 0 Å². The minimum absolute atomic E-state index is 0.0359. The summed E-state index contributed by atoms with van der Waals surface area (Å²) < 4.78 is 11.1. The Morgan fingerprint density at radius 1 is 1.29 bits per heavy atom. The lowest BCUT2D eigenvalue weighted by Crippen LogP contribution is -2.22. The first kappa shape index (κ1) is 14.0. The van der Waals surface area contributed by atoms with Crippen LogP contribution in [0.5, 0.6) is 5.75 Å². The first-order valence-electron chi connectivity index (χ1n) is 5.93. The van der Waals surface area contributed by atoms with Gasteiger partial charge in [-0.25, -0.2) is 0 Å². The Hall–Kier alpha value is -1.06. The van der Waals surface area contributed by atoms with E-state index in [4.69, 9.17) is 14.6 Å². The van der Waals surface area contributed by atoms with Crippen LogP contribution >= 0.6 is 0 Å². The van der Waals surface area contributed by atoms with E-state index in [9.17, 15) is 0 Å². The van der Waals surface area contributed by atoms with Crippen LogP contribution in [0.3, 0.4) is 0 Å². The van der Waals surface area contributed by atoms with Gasteiger partial charge in [0.1, 0.15) is 5.75 Å². The molecule has 96 valence electrons. The highest BCUT2D eigenvalue weighted by atomic mass is 16.5. The molecule has 0 spiro atoms. The van der Waals surface area contributed by atoms with Crippen LogP contribution in [-0.2, 0) is 18.0 Å². The van der Waals surface area contributed by atoms with Crippen molar-refractivity contribution in [2.75, 3.05) is 7.11 Å². The van der Waals surface area contributed by atoms with Gasteiger partial charge in [0.15, 0.2) is 0 Å². The predicted molar refractivity (Wildman–Crippen MR) is 68.1 cm³/mol. The molecular weight excluding hydrogens is 216 g/mol. The summed E-state index contributed by atoms with van der Waals surface area (Å²) in [6.07, 6.45) is 0.953. The SMILES string of the molecule is CCC(C)(C)OCc1cc(CO)ccc1OC. The molecule has 1 aromatic rings. The van der Waals surface area contributed by atoms with Gasteiger partial charge in [-0.05, 0) is 38.0 Å². The second-order valence-electron chi connectivity index (χ2n) is 4.71. The summed E-state index contributed by atoms with van der Waals surface area (Å²) in [7, 11) is 1.64. The highest BCUT2D eigenvalue weighted by Gasteiger charge is 2.16. The summed E-state index contributed by atoms with van der Waals surface area (Å²) in [6, 6.07) is 5.64. The minimum Gasteiger partial charge on any atom is -0.496 e. The number of rotatable bonds is 6. The standard InChI is InChI=1S/C14H22O3/c1-5-14(2,3)17-10-12-8-11(9-15)6-7-13(12)16-4/h6-8,15H,5,9-10H2,1-4H3. The molecule has 1 N–H and O–H groups in total. The lowest BCUT2D eigenvalue weighted by atomic mass is 10.1. The van der Waals surface area contributed by atoms with Crippen LogP contribution in [0.25, 0.3) is 0 Å². The van der Waals surface area contributed by atoms with E-state index in [0.717, 1.165) is 23.3 Å². The van der Waals surface area contributed by atoms with Crippen molar-refractivity contribution in [1.29, 1.82) is 0 Å². The fourth-order valence-electron chi connectivity index (χ4n) is 1.42. The van der Waals surface area contributed by atoms with Crippen LogP contribution in [-0.4, -0.2) is 17.8 Å². The van der Waals surface area contributed by atoms with Gasteiger partial charge in [0.05, 0.1) is 25.9 Å². The predicted octanol–water partition coefficient (Wildman–Crippen LogP) is 2.89. The van der Waals surface area contributed by atoms with Gasteiger partial charge >= 0.3 is 0 Å². The van der Waals surface area contributed by atoms with Crippen molar-refractivity contribution >= 4 is 0 Å². The minimum atomic E-state index is -0.139. The van der Waals surface area contributed by atoms with Crippen LogP contribution in [0.15, 0.2) is 18.2 Å². The van der Waals surface area contributed by atoms with Crippen molar-refractivity contribution in [3.8, 4) is 5.75 Å². The van der Waals surface area contributed by atoms with Gasteiger partial charge in [0.25, 0.3) is 0 Å². The average Bonchev–Trinajstić information content (AvgIpc) is 2.36. The Labute approximate surface area is 103 Å². The summed E-state index contributed by atoms with van der Waals surface area (Å²) in [6.45, 7) is 6.76. The highest BCUT2D eigenvalue weighted by Crippen LogP contribution is 2.24. The third-order valence-corrected chi connectivity index (χ3v) is 3.00. The molecule has 0 atom stereocenters. The summed E-state index contributed by atoms with van der Waals surface area (Å²) in [5.41, 5.74) is 1.71. The first-order chi connectivity index (χ1) is 8.02. The third kappa shape index (κ3) is 4.02. The van der Waals surface area contributed by atoms with E-state index >= 15 is 0 Å². The molecule has 0 aliphatic rings. The zero-order chi connectivity index (χ0) is 12.9. The quantitative estimate of drug-likeness (QED) is 0.828. The second kappa shape index (κ2) is 6.03. The molecule has 0 amide bonds. The Morgan fingerprint density at radius 2 is 2.00 bits per heavy atom. The molecule has 1 aromatic carbocycles. The monoisotopic (exact) mass is 238 g/mol.